The Morgan fingerprint density at radius 1 is 1.50 bits per heavy atom. The number of halogens is 2. The monoisotopic (exact) mass is 219 g/mol. The molecule has 0 saturated carbocycles. The molecule has 0 fully saturated rings. The molecule has 2 N–H and O–H groups in total. The number of nitrogens with two attached hydrogens (primary N) is 1. The van der Waals surface area contributed by atoms with Crippen LogP contribution in [0.4, 0.5) is 4.39 Å². The average Bonchev–Trinajstić information content (AvgIpc) is 2.16. The maximum absolute atomic E-state index is 13.2. The molecule has 1 rings (SSSR count). The van der Waals surface area contributed by atoms with Crippen LogP contribution in [0.5, 0.6) is 5.75 Å². The molecule has 1 unspecified atom stereocenters. The Morgan fingerprint density at radius 3 is 2.57 bits per heavy atom. The highest BCUT2D eigenvalue weighted by Crippen LogP contribution is 2.21. The third kappa shape index (κ3) is 2.86. The zero-order chi connectivity index (χ0) is 9.84. The predicted octanol–water partition coefficient (Wildman–Crippen LogP) is 2.32. The van der Waals surface area contributed by atoms with E-state index in [1.54, 1.807) is 6.07 Å². The molecule has 14 heavy (non-hydrogen) atoms. The Hall–Kier alpha value is -0.800. The SMILES string of the molecule is COc1ccc(C(C)CN)cc1F.Cl. The highest BCUT2D eigenvalue weighted by atomic mass is 35.5. The summed E-state index contributed by atoms with van der Waals surface area (Å²) in [6, 6.07) is 4.92. The van der Waals surface area contributed by atoms with Crippen molar-refractivity contribution in [3.63, 3.8) is 0 Å². The van der Waals surface area contributed by atoms with Crippen molar-refractivity contribution < 1.29 is 9.13 Å². The van der Waals surface area contributed by atoms with E-state index >= 15 is 0 Å². The van der Waals surface area contributed by atoms with Gasteiger partial charge in [0.15, 0.2) is 11.6 Å². The smallest absolute Gasteiger partial charge is 0.165 e. The molecule has 0 aliphatic carbocycles. The third-order valence-electron chi connectivity index (χ3n) is 2.10. The molecule has 0 spiro atoms. The van der Waals surface area contributed by atoms with Crippen LogP contribution >= 0.6 is 12.4 Å². The van der Waals surface area contributed by atoms with Gasteiger partial charge in [0, 0.05) is 0 Å². The summed E-state index contributed by atoms with van der Waals surface area (Å²) in [5.41, 5.74) is 6.37. The lowest BCUT2D eigenvalue weighted by Crippen LogP contribution is -2.09. The number of rotatable bonds is 3. The molecule has 0 bridgehead atoms. The van der Waals surface area contributed by atoms with Gasteiger partial charge in [-0.2, -0.15) is 0 Å². The minimum absolute atomic E-state index is 0. The summed E-state index contributed by atoms with van der Waals surface area (Å²) in [7, 11) is 1.45. The quantitative estimate of drug-likeness (QED) is 0.847. The van der Waals surface area contributed by atoms with Gasteiger partial charge in [-0.05, 0) is 30.2 Å². The molecule has 1 atom stereocenters. The fourth-order valence-electron chi connectivity index (χ4n) is 1.13. The minimum Gasteiger partial charge on any atom is -0.494 e. The lowest BCUT2D eigenvalue weighted by Gasteiger charge is -2.10. The molecule has 0 amide bonds. The van der Waals surface area contributed by atoms with Gasteiger partial charge < -0.3 is 10.5 Å². The Kier molecular flexibility index (Phi) is 5.50. The van der Waals surface area contributed by atoms with E-state index in [9.17, 15) is 4.39 Å². The van der Waals surface area contributed by atoms with Crippen molar-refractivity contribution in [2.24, 2.45) is 5.73 Å². The lowest BCUT2D eigenvalue weighted by atomic mass is 10.0. The lowest BCUT2D eigenvalue weighted by molar-refractivity contribution is 0.386. The fraction of sp³-hybridized carbons (Fsp3) is 0.400. The Labute approximate surface area is 89.7 Å². The summed E-state index contributed by atoms with van der Waals surface area (Å²) in [6.45, 7) is 2.48. The summed E-state index contributed by atoms with van der Waals surface area (Å²) in [5.74, 6) is 0.119. The zero-order valence-corrected chi connectivity index (χ0v) is 9.10. The maximum Gasteiger partial charge on any atom is 0.165 e. The van der Waals surface area contributed by atoms with Crippen LogP contribution in [0.1, 0.15) is 18.4 Å². The molecule has 0 radical (unpaired) electrons. The summed E-state index contributed by atoms with van der Waals surface area (Å²) >= 11 is 0. The molecule has 0 saturated heterocycles. The van der Waals surface area contributed by atoms with Crippen molar-refractivity contribution in [1.29, 1.82) is 0 Å². The normalized spacial score (nSPS) is 11.7. The van der Waals surface area contributed by atoms with Crippen LogP contribution in [-0.2, 0) is 0 Å². The predicted molar refractivity (Wildman–Crippen MR) is 57.7 cm³/mol. The molecule has 0 aliphatic heterocycles. The van der Waals surface area contributed by atoms with Crippen LogP contribution in [0.15, 0.2) is 18.2 Å². The third-order valence-corrected chi connectivity index (χ3v) is 2.10. The number of ether oxygens (including phenoxy) is 1. The van der Waals surface area contributed by atoms with Crippen LogP contribution in [0.2, 0.25) is 0 Å². The molecule has 80 valence electrons. The maximum atomic E-state index is 13.2. The van der Waals surface area contributed by atoms with E-state index in [0.29, 0.717) is 6.54 Å². The number of hydrogen-bond donors (Lipinski definition) is 1. The van der Waals surface area contributed by atoms with Crippen molar-refractivity contribution in [3.05, 3.63) is 29.6 Å². The van der Waals surface area contributed by atoms with E-state index in [4.69, 9.17) is 10.5 Å². The Morgan fingerprint density at radius 2 is 2.14 bits per heavy atom. The second kappa shape index (κ2) is 5.83. The molecule has 0 aromatic heterocycles. The van der Waals surface area contributed by atoms with Crippen LogP contribution in [0.3, 0.4) is 0 Å². The van der Waals surface area contributed by atoms with Crippen molar-refractivity contribution in [1.82, 2.24) is 0 Å². The van der Waals surface area contributed by atoms with Crippen molar-refractivity contribution in [3.8, 4) is 5.75 Å². The first-order valence-electron chi connectivity index (χ1n) is 4.22. The topological polar surface area (TPSA) is 35.2 Å². The second-order valence-corrected chi connectivity index (χ2v) is 3.03. The van der Waals surface area contributed by atoms with Crippen molar-refractivity contribution in [2.75, 3.05) is 13.7 Å². The number of methoxy groups -OCH3 is 1. The van der Waals surface area contributed by atoms with E-state index in [-0.39, 0.29) is 29.9 Å². The zero-order valence-electron chi connectivity index (χ0n) is 8.29. The molecule has 1 aromatic rings. The molecule has 2 nitrogen and oxygen atoms in total. The van der Waals surface area contributed by atoms with Crippen LogP contribution in [0.25, 0.3) is 0 Å². The van der Waals surface area contributed by atoms with Crippen LogP contribution in [0, 0.1) is 5.82 Å². The van der Waals surface area contributed by atoms with E-state index in [1.165, 1.54) is 13.2 Å². The van der Waals surface area contributed by atoms with Gasteiger partial charge in [-0.3, -0.25) is 0 Å². The van der Waals surface area contributed by atoms with E-state index < -0.39 is 0 Å². The molecule has 4 heteroatoms. The van der Waals surface area contributed by atoms with Gasteiger partial charge in [0.05, 0.1) is 7.11 Å². The van der Waals surface area contributed by atoms with Gasteiger partial charge in [0.2, 0.25) is 0 Å². The largest absolute Gasteiger partial charge is 0.494 e. The second-order valence-electron chi connectivity index (χ2n) is 3.03. The van der Waals surface area contributed by atoms with Gasteiger partial charge in [-0.25, -0.2) is 4.39 Å². The number of hydrogen-bond acceptors (Lipinski definition) is 2. The van der Waals surface area contributed by atoms with E-state index in [2.05, 4.69) is 0 Å². The molecule has 0 heterocycles. The van der Waals surface area contributed by atoms with Gasteiger partial charge >= 0.3 is 0 Å². The highest BCUT2D eigenvalue weighted by molar-refractivity contribution is 5.85. The minimum atomic E-state index is -0.333. The Balaban J connectivity index is 0.00000169. The first-order chi connectivity index (χ1) is 6.19. The number of benzene rings is 1. The van der Waals surface area contributed by atoms with Crippen molar-refractivity contribution in [2.45, 2.75) is 12.8 Å². The summed E-state index contributed by atoms with van der Waals surface area (Å²) in [6.07, 6.45) is 0. The summed E-state index contributed by atoms with van der Waals surface area (Å²) in [5, 5.41) is 0. The molecular weight excluding hydrogens is 205 g/mol. The summed E-state index contributed by atoms with van der Waals surface area (Å²) < 4.78 is 18.0. The standard InChI is InChI=1S/C10H14FNO.ClH/c1-7(6-12)8-3-4-10(13-2)9(11)5-8;/h3-5,7H,6,12H2,1-2H3;1H. The first kappa shape index (κ1) is 13.2. The molecule has 0 aliphatic rings. The summed E-state index contributed by atoms with van der Waals surface area (Å²) in [4.78, 5) is 0. The van der Waals surface area contributed by atoms with Gasteiger partial charge in [0.25, 0.3) is 0 Å². The average molecular weight is 220 g/mol. The van der Waals surface area contributed by atoms with Crippen LogP contribution < -0.4 is 10.5 Å². The van der Waals surface area contributed by atoms with Crippen molar-refractivity contribution >= 4 is 12.4 Å². The first-order valence-corrected chi connectivity index (χ1v) is 4.22. The van der Waals surface area contributed by atoms with Crippen LogP contribution in [-0.4, -0.2) is 13.7 Å². The fourth-order valence-corrected chi connectivity index (χ4v) is 1.13. The Bertz CT molecular complexity index is 293. The molecular formula is C10H15ClFNO. The van der Waals surface area contributed by atoms with Gasteiger partial charge in [0.1, 0.15) is 0 Å². The highest BCUT2D eigenvalue weighted by Gasteiger charge is 2.07. The molecule has 1 aromatic carbocycles. The van der Waals surface area contributed by atoms with Gasteiger partial charge in [-0.15, -0.1) is 12.4 Å². The van der Waals surface area contributed by atoms with E-state index in [1.807, 2.05) is 13.0 Å². The van der Waals surface area contributed by atoms with E-state index in [0.717, 1.165) is 5.56 Å². The van der Waals surface area contributed by atoms with Gasteiger partial charge in [-0.1, -0.05) is 13.0 Å².